The lowest BCUT2D eigenvalue weighted by molar-refractivity contribution is -0.125. The number of amides is 4. The number of carbonyl (C=O) groups excluding carboxylic acids is 2. The molecule has 94 valence electrons. The molecule has 7 heteroatoms. The third kappa shape index (κ3) is 1.86. The number of urea groups is 1. The van der Waals surface area contributed by atoms with Crippen LogP contribution in [0.25, 0.3) is 0 Å². The summed E-state index contributed by atoms with van der Waals surface area (Å²) in [6.07, 6.45) is -1.39. The Balaban J connectivity index is 2.41. The molecule has 0 unspecified atom stereocenters. The highest BCUT2D eigenvalue weighted by Gasteiger charge is 2.41. The first-order valence-corrected chi connectivity index (χ1v) is 5.18. The lowest BCUT2D eigenvalue weighted by atomic mass is 10.3. The first kappa shape index (κ1) is 11.9. The first-order chi connectivity index (χ1) is 8.52. The van der Waals surface area contributed by atoms with E-state index >= 15 is 0 Å². The summed E-state index contributed by atoms with van der Waals surface area (Å²) >= 11 is 0. The number of hydrazine groups is 1. The van der Waals surface area contributed by atoms with Crippen LogP contribution >= 0.6 is 0 Å². The van der Waals surface area contributed by atoms with Gasteiger partial charge < -0.3 is 10.0 Å². The van der Waals surface area contributed by atoms with Crippen molar-refractivity contribution in [2.45, 2.75) is 0 Å². The second-order valence-corrected chi connectivity index (χ2v) is 3.77. The molecule has 1 aliphatic heterocycles. The van der Waals surface area contributed by atoms with Gasteiger partial charge in [0, 0.05) is 7.05 Å². The van der Waals surface area contributed by atoms with Gasteiger partial charge in [-0.1, -0.05) is 18.2 Å². The highest BCUT2D eigenvalue weighted by atomic mass is 16.4. The van der Waals surface area contributed by atoms with Gasteiger partial charge in [-0.25, -0.2) is 9.59 Å². The minimum atomic E-state index is -1.39. The van der Waals surface area contributed by atoms with Gasteiger partial charge in [-0.3, -0.25) is 4.79 Å². The van der Waals surface area contributed by atoms with Crippen LogP contribution in [0.3, 0.4) is 0 Å². The number of hydrogen-bond acceptors (Lipinski definition) is 3. The van der Waals surface area contributed by atoms with Crippen LogP contribution in [0.15, 0.2) is 30.3 Å². The summed E-state index contributed by atoms with van der Waals surface area (Å²) in [4.78, 5) is 35.8. The lowest BCUT2D eigenvalue weighted by Gasteiger charge is -2.26. The molecule has 1 fully saturated rings. The second kappa shape index (κ2) is 4.36. The molecule has 1 aromatic carbocycles. The normalized spacial score (nSPS) is 15.2. The maximum absolute atomic E-state index is 11.8. The van der Waals surface area contributed by atoms with Crippen LogP contribution in [-0.2, 0) is 4.79 Å². The van der Waals surface area contributed by atoms with Crippen LogP contribution < -0.4 is 5.01 Å². The van der Waals surface area contributed by atoms with Crippen molar-refractivity contribution in [3.05, 3.63) is 30.3 Å². The Kier molecular flexibility index (Phi) is 2.88. The number of imide groups is 1. The molecule has 1 aliphatic rings. The Morgan fingerprint density at radius 3 is 2.33 bits per heavy atom. The van der Waals surface area contributed by atoms with E-state index in [-0.39, 0.29) is 12.2 Å². The average Bonchev–Trinajstić information content (AvgIpc) is 2.57. The zero-order valence-corrected chi connectivity index (χ0v) is 9.61. The molecule has 1 aromatic rings. The molecule has 0 saturated carbocycles. The Labute approximate surface area is 103 Å². The van der Waals surface area contributed by atoms with Crippen molar-refractivity contribution in [1.29, 1.82) is 0 Å². The number of anilines is 1. The molecule has 0 aromatic heterocycles. The van der Waals surface area contributed by atoms with Gasteiger partial charge in [-0.2, -0.15) is 10.0 Å². The van der Waals surface area contributed by atoms with E-state index < -0.39 is 18.0 Å². The van der Waals surface area contributed by atoms with E-state index in [4.69, 9.17) is 0 Å². The molecule has 1 saturated heterocycles. The van der Waals surface area contributed by atoms with E-state index in [9.17, 15) is 19.5 Å². The topological polar surface area (TPSA) is 81.2 Å². The fraction of sp³-hybridized carbons (Fsp3) is 0.182. The van der Waals surface area contributed by atoms with Crippen molar-refractivity contribution < 1.29 is 19.5 Å². The fourth-order valence-corrected chi connectivity index (χ4v) is 1.68. The molecule has 0 radical (unpaired) electrons. The SMILES string of the molecule is CN1CC(=O)N(N(C(=O)O)c2ccccc2)C1=O. The molecule has 2 rings (SSSR count). The van der Waals surface area contributed by atoms with E-state index in [0.29, 0.717) is 10.0 Å². The van der Waals surface area contributed by atoms with Crippen molar-refractivity contribution in [3.8, 4) is 0 Å². The first-order valence-electron chi connectivity index (χ1n) is 5.18. The predicted octanol–water partition coefficient (Wildman–Crippen LogP) is 0.980. The number of carbonyl (C=O) groups is 3. The minimum Gasteiger partial charge on any atom is -0.463 e. The van der Waals surface area contributed by atoms with Gasteiger partial charge in [0.25, 0.3) is 5.91 Å². The standard InChI is InChI=1S/C11H11N3O4/c1-12-7-9(15)14(10(12)16)13(11(17)18)8-5-3-2-4-6-8/h2-6H,7H2,1H3,(H,17,18). The molecule has 0 spiro atoms. The Bertz CT molecular complexity index is 502. The highest BCUT2D eigenvalue weighted by molar-refractivity contribution is 6.07. The minimum absolute atomic E-state index is 0.130. The smallest absolute Gasteiger partial charge is 0.431 e. The van der Waals surface area contributed by atoms with Crippen molar-refractivity contribution in [2.24, 2.45) is 0 Å². The van der Waals surface area contributed by atoms with Gasteiger partial charge in [-0.15, -0.1) is 0 Å². The molecule has 1 heterocycles. The largest absolute Gasteiger partial charge is 0.463 e. The second-order valence-electron chi connectivity index (χ2n) is 3.77. The van der Waals surface area contributed by atoms with E-state index in [2.05, 4.69) is 0 Å². The van der Waals surface area contributed by atoms with Gasteiger partial charge in [0.2, 0.25) is 0 Å². The number of hydrogen-bond donors (Lipinski definition) is 1. The van der Waals surface area contributed by atoms with E-state index in [1.807, 2.05) is 0 Å². The van der Waals surface area contributed by atoms with Crippen LogP contribution in [0.1, 0.15) is 0 Å². The maximum Gasteiger partial charge on any atom is 0.431 e. The summed E-state index contributed by atoms with van der Waals surface area (Å²) in [7, 11) is 1.44. The number of benzene rings is 1. The molecular formula is C11H11N3O4. The van der Waals surface area contributed by atoms with E-state index in [1.165, 1.54) is 19.2 Å². The maximum atomic E-state index is 11.8. The fourth-order valence-electron chi connectivity index (χ4n) is 1.68. The Morgan fingerprint density at radius 2 is 1.89 bits per heavy atom. The van der Waals surface area contributed by atoms with Gasteiger partial charge in [-0.05, 0) is 12.1 Å². The molecule has 7 nitrogen and oxygen atoms in total. The number of nitrogens with zero attached hydrogens (tertiary/aromatic N) is 3. The third-order valence-electron chi connectivity index (χ3n) is 2.50. The van der Waals surface area contributed by atoms with Crippen molar-refractivity contribution >= 4 is 23.7 Å². The van der Waals surface area contributed by atoms with E-state index in [1.54, 1.807) is 18.2 Å². The monoisotopic (exact) mass is 249 g/mol. The summed E-state index contributed by atoms with van der Waals surface area (Å²) in [5.41, 5.74) is 0.238. The Morgan fingerprint density at radius 1 is 1.28 bits per heavy atom. The van der Waals surface area contributed by atoms with Crippen LogP contribution in [0, 0.1) is 0 Å². The van der Waals surface area contributed by atoms with Crippen LogP contribution in [0.5, 0.6) is 0 Å². The summed E-state index contributed by atoms with van der Waals surface area (Å²) in [5.74, 6) is -0.575. The van der Waals surface area contributed by atoms with Crippen molar-refractivity contribution in [1.82, 2.24) is 9.91 Å². The van der Waals surface area contributed by atoms with Gasteiger partial charge >= 0.3 is 12.1 Å². The van der Waals surface area contributed by atoms with Crippen LogP contribution in [-0.4, -0.2) is 46.6 Å². The zero-order chi connectivity index (χ0) is 13.3. The number of carboxylic acid groups (broad SMARTS) is 1. The summed E-state index contributed by atoms with van der Waals surface area (Å²) < 4.78 is 0. The average molecular weight is 249 g/mol. The quantitative estimate of drug-likeness (QED) is 0.792. The van der Waals surface area contributed by atoms with Gasteiger partial charge in [0.05, 0.1) is 5.69 Å². The molecule has 0 atom stereocenters. The van der Waals surface area contributed by atoms with Crippen LogP contribution in [0.2, 0.25) is 0 Å². The molecular weight excluding hydrogens is 238 g/mol. The van der Waals surface area contributed by atoms with Crippen LogP contribution in [0.4, 0.5) is 15.3 Å². The van der Waals surface area contributed by atoms with Gasteiger partial charge in [0.15, 0.2) is 0 Å². The molecule has 0 bridgehead atoms. The lowest BCUT2D eigenvalue weighted by Crippen LogP contribution is -2.50. The molecule has 4 amide bonds. The molecule has 18 heavy (non-hydrogen) atoms. The summed E-state index contributed by atoms with van der Waals surface area (Å²) in [5, 5.41) is 10.4. The highest BCUT2D eigenvalue weighted by Crippen LogP contribution is 2.20. The Hall–Kier alpha value is -2.57. The predicted molar refractivity (Wildman–Crippen MR) is 61.8 cm³/mol. The van der Waals surface area contributed by atoms with Gasteiger partial charge in [0.1, 0.15) is 6.54 Å². The van der Waals surface area contributed by atoms with Crippen molar-refractivity contribution in [2.75, 3.05) is 18.6 Å². The third-order valence-corrected chi connectivity index (χ3v) is 2.50. The summed E-state index contributed by atoms with van der Waals surface area (Å²) in [6, 6.07) is 7.31. The molecule has 0 aliphatic carbocycles. The number of para-hydroxylation sites is 1. The summed E-state index contributed by atoms with van der Waals surface area (Å²) in [6.45, 7) is -0.130. The zero-order valence-electron chi connectivity index (χ0n) is 9.61. The number of likely N-dealkylation sites (N-methyl/N-ethyl adjacent to an activating group) is 1. The number of rotatable bonds is 2. The van der Waals surface area contributed by atoms with Crippen molar-refractivity contribution in [3.63, 3.8) is 0 Å². The van der Waals surface area contributed by atoms with E-state index in [0.717, 1.165) is 4.90 Å². The molecule has 1 N–H and O–H groups in total.